The number of allylic oxidation sites excluding steroid dienone is 2. The topological polar surface area (TPSA) is 17.1 Å². The first-order valence-electron chi connectivity index (χ1n) is 4.16. The monoisotopic (exact) mass is 152 g/mol. The summed E-state index contributed by atoms with van der Waals surface area (Å²) in [4.78, 5) is 11.4. The Balaban J connectivity index is 3.10. The van der Waals surface area contributed by atoms with Gasteiger partial charge in [0.2, 0.25) is 0 Å². The van der Waals surface area contributed by atoms with Crippen molar-refractivity contribution in [3.05, 3.63) is 11.1 Å². The molecule has 0 N–H and O–H groups in total. The molecule has 0 aromatic rings. The van der Waals surface area contributed by atoms with Crippen molar-refractivity contribution in [2.75, 3.05) is 0 Å². The van der Waals surface area contributed by atoms with E-state index in [0.29, 0.717) is 5.78 Å². The molecule has 1 saturated carbocycles. The van der Waals surface area contributed by atoms with Crippen molar-refractivity contribution in [2.45, 2.75) is 40.5 Å². The smallest absolute Gasteiger partial charge is 0.159 e. The van der Waals surface area contributed by atoms with Gasteiger partial charge in [0.05, 0.1) is 0 Å². The fourth-order valence-electron chi connectivity index (χ4n) is 2.01. The van der Waals surface area contributed by atoms with Crippen LogP contribution in [-0.2, 0) is 4.79 Å². The van der Waals surface area contributed by atoms with E-state index in [1.807, 2.05) is 13.8 Å². The maximum atomic E-state index is 11.4. The second kappa shape index (κ2) is 2.47. The molecule has 1 rings (SSSR count). The zero-order valence-electron chi connectivity index (χ0n) is 7.82. The molecule has 1 heteroatoms. The van der Waals surface area contributed by atoms with Crippen molar-refractivity contribution >= 4 is 5.78 Å². The third kappa shape index (κ3) is 1.37. The predicted octanol–water partition coefficient (Wildman–Crippen LogP) is 2.71. The van der Waals surface area contributed by atoms with Crippen LogP contribution in [0.25, 0.3) is 0 Å². The summed E-state index contributed by atoms with van der Waals surface area (Å²) in [5.74, 6) is 0.356. The van der Waals surface area contributed by atoms with Gasteiger partial charge in [-0.1, -0.05) is 19.4 Å². The molecule has 0 aromatic heterocycles. The maximum Gasteiger partial charge on any atom is 0.159 e. The molecule has 0 aliphatic heterocycles. The highest BCUT2D eigenvalue weighted by atomic mass is 16.1. The van der Waals surface area contributed by atoms with E-state index < -0.39 is 0 Å². The Labute approximate surface area is 68.5 Å². The molecule has 1 aliphatic rings. The van der Waals surface area contributed by atoms with Crippen molar-refractivity contribution in [1.82, 2.24) is 0 Å². The number of rotatable bonds is 0. The van der Waals surface area contributed by atoms with Crippen LogP contribution in [0.5, 0.6) is 0 Å². The lowest BCUT2D eigenvalue weighted by Crippen LogP contribution is -2.11. The first kappa shape index (κ1) is 8.51. The van der Waals surface area contributed by atoms with Crippen LogP contribution in [0.2, 0.25) is 0 Å². The summed E-state index contributed by atoms with van der Waals surface area (Å²) >= 11 is 0. The van der Waals surface area contributed by atoms with Gasteiger partial charge < -0.3 is 0 Å². The van der Waals surface area contributed by atoms with Crippen LogP contribution in [0.1, 0.15) is 40.5 Å². The highest BCUT2D eigenvalue weighted by molar-refractivity contribution is 5.99. The highest BCUT2D eigenvalue weighted by Gasteiger charge is 2.35. The Morgan fingerprint density at radius 2 is 1.91 bits per heavy atom. The zero-order valence-corrected chi connectivity index (χ0v) is 7.82. The molecule has 0 unspecified atom stereocenters. The van der Waals surface area contributed by atoms with E-state index in [0.717, 1.165) is 18.4 Å². The molecule has 0 atom stereocenters. The molecule has 0 radical (unpaired) electrons. The number of carbonyl (C=O) groups excluding carboxylic acids is 1. The number of hydrogen-bond donors (Lipinski definition) is 0. The lowest BCUT2D eigenvalue weighted by Gasteiger charge is -2.19. The molecule has 11 heavy (non-hydrogen) atoms. The van der Waals surface area contributed by atoms with Gasteiger partial charge in [-0.25, -0.2) is 0 Å². The van der Waals surface area contributed by atoms with E-state index in [4.69, 9.17) is 0 Å². The highest BCUT2D eigenvalue weighted by Crippen LogP contribution is 2.41. The Bertz CT molecular complexity index is 217. The zero-order chi connectivity index (χ0) is 8.65. The van der Waals surface area contributed by atoms with Gasteiger partial charge >= 0.3 is 0 Å². The molecular formula is C10H16O. The van der Waals surface area contributed by atoms with E-state index in [2.05, 4.69) is 13.8 Å². The molecule has 62 valence electrons. The largest absolute Gasteiger partial charge is 0.295 e. The van der Waals surface area contributed by atoms with E-state index >= 15 is 0 Å². The number of ketones is 1. The van der Waals surface area contributed by atoms with Gasteiger partial charge in [0.15, 0.2) is 5.78 Å². The quantitative estimate of drug-likeness (QED) is 0.488. The summed E-state index contributed by atoms with van der Waals surface area (Å²) in [5, 5.41) is 0. The predicted molar refractivity (Wildman–Crippen MR) is 46.4 cm³/mol. The Hall–Kier alpha value is -0.590. The van der Waals surface area contributed by atoms with Crippen molar-refractivity contribution in [3.63, 3.8) is 0 Å². The Morgan fingerprint density at radius 3 is 2.09 bits per heavy atom. The molecule has 0 saturated heterocycles. The third-order valence-corrected chi connectivity index (χ3v) is 2.43. The summed E-state index contributed by atoms with van der Waals surface area (Å²) in [6, 6.07) is 0. The Kier molecular flexibility index (Phi) is 1.91. The Morgan fingerprint density at radius 1 is 1.36 bits per heavy atom. The first-order chi connectivity index (χ1) is 4.95. The average molecular weight is 152 g/mol. The molecule has 0 heterocycles. The SMILES string of the molecule is CC(C)=C1C(=O)CCC1(C)C. The minimum absolute atomic E-state index is 0.135. The summed E-state index contributed by atoms with van der Waals surface area (Å²) < 4.78 is 0. The van der Waals surface area contributed by atoms with Crippen molar-refractivity contribution in [3.8, 4) is 0 Å². The number of hydrogen-bond acceptors (Lipinski definition) is 1. The van der Waals surface area contributed by atoms with Crippen LogP contribution in [0, 0.1) is 5.41 Å². The number of Topliss-reactive ketones (excluding diaryl/α,β-unsaturated/α-hetero) is 1. The fourth-order valence-corrected chi connectivity index (χ4v) is 2.01. The summed E-state index contributed by atoms with van der Waals surface area (Å²) in [7, 11) is 0. The standard InChI is InChI=1S/C10H16O/c1-7(2)9-8(11)5-6-10(9,3)4/h5-6H2,1-4H3. The second-order valence-electron chi connectivity index (χ2n) is 4.18. The third-order valence-electron chi connectivity index (χ3n) is 2.43. The lowest BCUT2D eigenvalue weighted by molar-refractivity contribution is -0.114. The molecule has 0 spiro atoms. The first-order valence-corrected chi connectivity index (χ1v) is 4.16. The van der Waals surface area contributed by atoms with Crippen LogP contribution < -0.4 is 0 Å². The second-order valence-corrected chi connectivity index (χ2v) is 4.18. The molecule has 1 nitrogen and oxygen atoms in total. The van der Waals surface area contributed by atoms with Crippen LogP contribution in [0.4, 0.5) is 0 Å². The van der Waals surface area contributed by atoms with Gasteiger partial charge in [-0.05, 0) is 31.3 Å². The van der Waals surface area contributed by atoms with Gasteiger partial charge in [0.25, 0.3) is 0 Å². The van der Waals surface area contributed by atoms with Gasteiger partial charge in [-0.3, -0.25) is 4.79 Å². The van der Waals surface area contributed by atoms with Crippen molar-refractivity contribution in [2.24, 2.45) is 5.41 Å². The van der Waals surface area contributed by atoms with E-state index in [-0.39, 0.29) is 5.41 Å². The molecule has 0 amide bonds. The van der Waals surface area contributed by atoms with Gasteiger partial charge in [0.1, 0.15) is 0 Å². The summed E-state index contributed by atoms with van der Waals surface area (Å²) in [5.41, 5.74) is 2.39. The molecule has 1 aliphatic carbocycles. The lowest BCUT2D eigenvalue weighted by atomic mass is 9.84. The van der Waals surface area contributed by atoms with Crippen molar-refractivity contribution in [1.29, 1.82) is 0 Å². The van der Waals surface area contributed by atoms with Gasteiger partial charge in [-0.2, -0.15) is 0 Å². The van der Waals surface area contributed by atoms with E-state index in [1.54, 1.807) is 0 Å². The van der Waals surface area contributed by atoms with Crippen LogP contribution in [-0.4, -0.2) is 5.78 Å². The van der Waals surface area contributed by atoms with E-state index in [1.165, 1.54) is 5.57 Å². The van der Waals surface area contributed by atoms with Crippen LogP contribution >= 0.6 is 0 Å². The normalized spacial score (nSPS) is 22.5. The fraction of sp³-hybridized carbons (Fsp3) is 0.700. The number of carbonyl (C=O) groups is 1. The average Bonchev–Trinajstić information content (AvgIpc) is 2.06. The molecule has 1 fully saturated rings. The summed E-state index contributed by atoms with van der Waals surface area (Å²) in [6.07, 6.45) is 1.76. The van der Waals surface area contributed by atoms with Gasteiger partial charge in [-0.15, -0.1) is 0 Å². The molecule has 0 bridgehead atoms. The maximum absolute atomic E-state index is 11.4. The van der Waals surface area contributed by atoms with Crippen LogP contribution in [0.15, 0.2) is 11.1 Å². The van der Waals surface area contributed by atoms with E-state index in [9.17, 15) is 4.79 Å². The summed E-state index contributed by atoms with van der Waals surface area (Å²) in [6.45, 7) is 8.36. The van der Waals surface area contributed by atoms with Gasteiger partial charge in [0, 0.05) is 6.42 Å². The van der Waals surface area contributed by atoms with Crippen LogP contribution in [0.3, 0.4) is 0 Å². The minimum atomic E-state index is 0.135. The molecule has 0 aromatic carbocycles. The minimum Gasteiger partial charge on any atom is -0.295 e. The van der Waals surface area contributed by atoms with Crippen molar-refractivity contribution < 1.29 is 4.79 Å². The molecular weight excluding hydrogens is 136 g/mol.